The lowest BCUT2D eigenvalue weighted by Gasteiger charge is -2.31. The number of carbonyl (C=O) groups excluding carboxylic acids is 1. The van der Waals surface area contributed by atoms with Gasteiger partial charge in [0.1, 0.15) is 0 Å². The molecule has 1 aromatic rings. The molecule has 1 aromatic carbocycles. The van der Waals surface area contributed by atoms with Crippen molar-refractivity contribution in [3.63, 3.8) is 0 Å². The van der Waals surface area contributed by atoms with E-state index in [1.165, 1.54) is 0 Å². The molecule has 8 heteroatoms. The Morgan fingerprint density at radius 2 is 2.23 bits per heavy atom. The van der Waals surface area contributed by atoms with Crippen LogP contribution in [0.1, 0.15) is 15.9 Å². The lowest BCUT2D eigenvalue weighted by Crippen LogP contribution is -2.37. The van der Waals surface area contributed by atoms with Crippen LogP contribution in [0.2, 0.25) is 5.02 Å². The van der Waals surface area contributed by atoms with E-state index >= 15 is 0 Å². The van der Waals surface area contributed by atoms with Crippen LogP contribution in [0.15, 0.2) is 52.2 Å². The number of fused-ring (bicyclic) bond motifs is 2. The second-order valence-electron chi connectivity index (χ2n) is 8.21. The molecule has 4 rings (SSSR count). The standard InChI is InChI=1S/C23H29ClN5OP/c1-28(11-10-26-15-31(2)14-9-25)12-13-29-19-8-4-6-17-21(19)22(27-29)16-5-3-7-18(24)20(16)23(17)30/h3-8,15,17,21H,9-14,25H2,1-2H3. The van der Waals surface area contributed by atoms with Crippen molar-refractivity contribution < 1.29 is 4.79 Å². The third-order valence-electron chi connectivity index (χ3n) is 5.99. The maximum atomic E-state index is 13.1. The second-order valence-corrected chi connectivity index (χ2v) is 10.8. The Morgan fingerprint density at radius 1 is 1.39 bits per heavy atom. The van der Waals surface area contributed by atoms with Crippen LogP contribution < -0.4 is 5.73 Å². The number of nitrogens with two attached hydrogens (primary N) is 1. The highest BCUT2D eigenvalue weighted by atomic mass is 35.5. The van der Waals surface area contributed by atoms with Crippen LogP contribution in [0.3, 0.4) is 0 Å². The molecule has 2 N–H and O–H groups in total. The number of halogens is 1. The van der Waals surface area contributed by atoms with Crippen molar-refractivity contribution in [1.29, 1.82) is 0 Å². The molecule has 3 unspecified atom stereocenters. The molecule has 3 aliphatic rings. The molecule has 0 spiro atoms. The van der Waals surface area contributed by atoms with E-state index in [2.05, 4.69) is 40.6 Å². The van der Waals surface area contributed by atoms with Crippen molar-refractivity contribution in [1.82, 2.24) is 9.91 Å². The number of hydrogen-bond donors (Lipinski definition) is 1. The molecular weight excluding hydrogens is 429 g/mol. The van der Waals surface area contributed by atoms with E-state index in [0.717, 1.165) is 55.9 Å². The zero-order chi connectivity index (χ0) is 22.0. The second kappa shape index (κ2) is 9.74. The van der Waals surface area contributed by atoms with Crippen LogP contribution >= 0.6 is 19.5 Å². The molecule has 0 fully saturated rings. The van der Waals surface area contributed by atoms with Crippen molar-refractivity contribution in [3.8, 4) is 0 Å². The zero-order valence-electron chi connectivity index (χ0n) is 18.0. The molecule has 164 valence electrons. The van der Waals surface area contributed by atoms with Gasteiger partial charge in [-0.05, 0) is 38.6 Å². The average molecular weight is 458 g/mol. The van der Waals surface area contributed by atoms with Gasteiger partial charge < -0.3 is 10.6 Å². The number of likely N-dealkylation sites (N-methyl/N-ethyl adjacent to an activating group) is 1. The summed E-state index contributed by atoms with van der Waals surface area (Å²) in [7, 11) is 1.93. The first-order valence-corrected chi connectivity index (χ1v) is 13.1. The van der Waals surface area contributed by atoms with E-state index < -0.39 is 0 Å². The van der Waals surface area contributed by atoms with Gasteiger partial charge in [-0.2, -0.15) is 5.10 Å². The lowest BCUT2D eigenvalue weighted by atomic mass is 9.71. The molecule has 0 aromatic heterocycles. The van der Waals surface area contributed by atoms with Gasteiger partial charge in [0.25, 0.3) is 0 Å². The third kappa shape index (κ3) is 4.54. The topological polar surface area (TPSA) is 74.3 Å². The lowest BCUT2D eigenvalue weighted by molar-refractivity contribution is 0.0924. The van der Waals surface area contributed by atoms with Crippen LogP contribution in [0.5, 0.6) is 0 Å². The molecule has 6 nitrogen and oxygen atoms in total. The number of carbonyl (C=O) groups is 1. The Kier molecular flexibility index (Phi) is 7.02. The molecular formula is C23H29ClN5OP. The molecule has 0 amide bonds. The Labute approximate surface area is 190 Å². The number of ketones is 1. The maximum Gasteiger partial charge on any atom is 0.172 e. The maximum absolute atomic E-state index is 13.1. The minimum Gasteiger partial charge on any atom is -0.330 e. The van der Waals surface area contributed by atoms with Crippen molar-refractivity contribution in [2.24, 2.45) is 27.7 Å². The Hall–Kier alpha value is -1.85. The molecule has 1 aliphatic heterocycles. The van der Waals surface area contributed by atoms with Gasteiger partial charge in [0.05, 0.1) is 35.7 Å². The van der Waals surface area contributed by atoms with E-state index in [1.807, 2.05) is 24.3 Å². The SMILES string of the molecule is CN(CCN=CP(C)CCN)CCN1N=C2c3cccc(Cl)c3C(=O)C3C=CC=C1C23. The Balaban J connectivity index is 1.43. The van der Waals surface area contributed by atoms with Gasteiger partial charge in [-0.15, -0.1) is 0 Å². The molecule has 1 heterocycles. The van der Waals surface area contributed by atoms with Crippen LogP contribution in [-0.2, 0) is 0 Å². The summed E-state index contributed by atoms with van der Waals surface area (Å²) < 4.78 is 0. The Bertz CT molecular complexity index is 973. The highest BCUT2D eigenvalue weighted by Crippen LogP contribution is 2.44. The number of Topliss-reactive ketones (excluding diaryl/α,β-unsaturated/α-hetero) is 1. The smallest absolute Gasteiger partial charge is 0.172 e. The minimum atomic E-state index is -0.222. The predicted molar refractivity (Wildman–Crippen MR) is 131 cm³/mol. The first-order valence-electron chi connectivity index (χ1n) is 10.7. The van der Waals surface area contributed by atoms with Crippen LogP contribution in [0.4, 0.5) is 0 Å². The highest BCUT2D eigenvalue weighted by Gasteiger charge is 2.47. The number of benzene rings is 1. The highest BCUT2D eigenvalue weighted by molar-refractivity contribution is 7.72. The first kappa shape index (κ1) is 22.3. The van der Waals surface area contributed by atoms with Gasteiger partial charge in [-0.1, -0.05) is 43.8 Å². The summed E-state index contributed by atoms with van der Waals surface area (Å²) in [4.78, 5) is 20.0. The molecule has 31 heavy (non-hydrogen) atoms. The summed E-state index contributed by atoms with van der Waals surface area (Å²) in [5.41, 5.74) is 9.14. The monoisotopic (exact) mass is 457 g/mol. The number of allylic oxidation sites excluding steroid dienone is 4. The molecule has 0 saturated carbocycles. The third-order valence-corrected chi connectivity index (χ3v) is 7.82. The van der Waals surface area contributed by atoms with E-state index in [1.54, 1.807) is 6.07 Å². The van der Waals surface area contributed by atoms with Crippen molar-refractivity contribution >= 4 is 37.0 Å². The zero-order valence-corrected chi connectivity index (χ0v) is 19.7. The fourth-order valence-corrected chi connectivity index (χ4v) is 5.52. The van der Waals surface area contributed by atoms with E-state index in [-0.39, 0.29) is 25.5 Å². The fourth-order valence-electron chi connectivity index (χ4n) is 4.34. The van der Waals surface area contributed by atoms with E-state index in [4.69, 9.17) is 22.4 Å². The number of nitrogens with zero attached hydrogens (tertiary/aromatic N) is 4. The molecule has 2 aliphatic carbocycles. The quantitative estimate of drug-likeness (QED) is 0.456. The summed E-state index contributed by atoms with van der Waals surface area (Å²) in [5, 5.41) is 7.52. The average Bonchev–Trinajstić information content (AvgIpc) is 3.13. The first-order chi connectivity index (χ1) is 15.0. The van der Waals surface area contributed by atoms with Crippen LogP contribution in [0.25, 0.3) is 0 Å². The summed E-state index contributed by atoms with van der Waals surface area (Å²) >= 11 is 6.39. The summed E-state index contributed by atoms with van der Waals surface area (Å²) in [6.45, 7) is 6.25. The predicted octanol–water partition coefficient (Wildman–Crippen LogP) is 3.27. The van der Waals surface area contributed by atoms with Crippen molar-refractivity contribution in [2.75, 3.05) is 52.6 Å². The molecule has 0 bridgehead atoms. The van der Waals surface area contributed by atoms with Crippen LogP contribution in [-0.4, -0.2) is 80.0 Å². The number of hydrogen-bond acceptors (Lipinski definition) is 6. The van der Waals surface area contributed by atoms with Crippen molar-refractivity contribution in [3.05, 3.63) is 58.3 Å². The van der Waals surface area contributed by atoms with E-state index in [9.17, 15) is 4.79 Å². The molecule has 3 atom stereocenters. The molecule has 0 radical (unpaired) electrons. The van der Waals surface area contributed by atoms with Gasteiger partial charge in [-0.25, -0.2) is 0 Å². The number of rotatable bonds is 9. The van der Waals surface area contributed by atoms with Gasteiger partial charge in [0.15, 0.2) is 5.78 Å². The Morgan fingerprint density at radius 3 is 3.03 bits per heavy atom. The number of aliphatic imine (C=N–C) groups is 1. The van der Waals surface area contributed by atoms with Gasteiger partial charge in [-0.3, -0.25) is 14.8 Å². The summed E-state index contributed by atoms with van der Waals surface area (Å²) in [5.74, 6) is 1.94. The summed E-state index contributed by atoms with van der Waals surface area (Å²) in [6, 6.07) is 5.64. The molecule has 0 saturated heterocycles. The van der Waals surface area contributed by atoms with Gasteiger partial charge >= 0.3 is 0 Å². The summed E-state index contributed by atoms with van der Waals surface area (Å²) in [6.07, 6.45) is 7.09. The van der Waals surface area contributed by atoms with Crippen molar-refractivity contribution in [2.45, 2.75) is 0 Å². The fraction of sp³-hybridized carbons (Fsp3) is 0.435. The number of hydrazone groups is 1. The van der Waals surface area contributed by atoms with Gasteiger partial charge in [0.2, 0.25) is 0 Å². The van der Waals surface area contributed by atoms with Gasteiger partial charge in [0, 0.05) is 35.9 Å². The van der Waals surface area contributed by atoms with Crippen LogP contribution in [0, 0.1) is 11.8 Å². The van der Waals surface area contributed by atoms with E-state index in [0.29, 0.717) is 10.6 Å². The normalized spacial score (nSPS) is 22.6. The minimum absolute atomic E-state index is 0.00952. The largest absolute Gasteiger partial charge is 0.330 e.